The van der Waals surface area contributed by atoms with E-state index in [0.717, 1.165) is 144 Å². The molecule has 100 heavy (non-hydrogen) atoms. The van der Waals surface area contributed by atoms with Crippen LogP contribution in [-0.2, 0) is 21.7 Å². The van der Waals surface area contributed by atoms with Gasteiger partial charge in [0, 0.05) is 66.6 Å². The minimum Gasteiger partial charge on any atom is -0.456 e. The van der Waals surface area contributed by atoms with Crippen LogP contribution in [0.25, 0.3) is 110 Å². The molecular formula is C94H81BN4O. The molecule has 2 aliphatic heterocycles. The third kappa shape index (κ3) is 9.65. The lowest BCUT2D eigenvalue weighted by molar-refractivity contribution is 0.590. The number of para-hydroxylation sites is 3. The zero-order valence-corrected chi connectivity index (χ0v) is 58.9. The topological polar surface area (TPSA) is 29.5 Å². The number of nitrogens with zero attached hydrogens (tertiary/aromatic N) is 4. The Morgan fingerprint density at radius 2 is 0.860 bits per heavy atom. The number of benzene rings is 13. The second-order valence-electron chi connectivity index (χ2n) is 31.8. The second kappa shape index (κ2) is 22.2. The molecule has 0 saturated heterocycles. The summed E-state index contributed by atoms with van der Waals surface area (Å²) in [5, 5.41) is 6.50. The Morgan fingerprint density at radius 1 is 0.320 bits per heavy atom. The summed E-state index contributed by atoms with van der Waals surface area (Å²) in [5.74, 6) is 0. The van der Waals surface area contributed by atoms with Gasteiger partial charge in [0.15, 0.2) is 0 Å². The summed E-state index contributed by atoms with van der Waals surface area (Å²) in [5.41, 5.74) is 25.7. The normalized spacial score (nSPS) is 14.0. The third-order valence-electron chi connectivity index (χ3n) is 21.4. The quantitative estimate of drug-likeness (QED) is 0.149. The van der Waals surface area contributed by atoms with E-state index in [1.54, 1.807) is 0 Å². The van der Waals surface area contributed by atoms with Gasteiger partial charge in [-0.25, -0.2) is 0 Å². The Balaban J connectivity index is 1.03. The van der Waals surface area contributed by atoms with Gasteiger partial charge in [0.25, 0.3) is 6.71 Å². The Morgan fingerprint density at radius 3 is 1.54 bits per heavy atom. The van der Waals surface area contributed by atoms with Gasteiger partial charge in [-0.2, -0.15) is 0 Å². The van der Waals surface area contributed by atoms with Crippen molar-refractivity contribution in [2.75, 3.05) is 9.80 Å². The van der Waals surface area contributed by atoms with E-state index in [1.807, 2.05) is 18.2 Å². The fraction of sp³-hybridized carbons (Fsp3) is 0.170. The summed E-state index contributed by atoms with van der Waals surface area (Å²) in [4.78, 5) is 5.08. The van der Waals surface area contributed by atoms with Gasteiger partial charge in [0.05, 0.1) is 45.7 Å². The van der Waals surface area contributed by atoms with Gasteiger partial charge in [-0.15, -0.1) is 0 Å². The molecular weight excluding hydrogens is 1210 g/mol. The van der Waals surface area contributed by atoms with Crippen LogP contribution in [0.3, 0.4) is 0 Å². The molecule has 13 aromatic carbocycles. The molecule has 0 amide bonds. The van der Waals surface area contributed by atoms with Crippen molar-refractivity contribution in [1.29, 1.82) is 0 Å². The van der Waals surface area contributed by atoms with Crippen molar-refractivity contribution in [2.45, 2.75) is 105 Å². The predicted molar refractivity (Wildman–Crippen MR) is 428 cm³/mol. The van der Waals surface area contributed by atoms with Crippen LogP contribution in [0.2, 0.25) is 0 Å². The van der Waals surface area contributed by atoms with E-state index in [4.69, 9.17) is 8.53 Å². The first-order chi connectivity index (χ1) is 50.2. The number of hydrogen-bond donors (Lipinski definition) is 0. The lowest BCUT2D eigenvalue weighted by atomic mass is 9.33. The summed E-state index contributed by atoms with van der Waals surface area (Å²) in [6.45, 7) is 27.0. The van der Waals surface area contributed by atoms with Crippen LogP contribution in [0.1, 0.15) is 112 Å². The smallest absolute Gasteiger partial charge is 0.252 e. The summed E-state index contributed by atoms with van der Waals surface area (Å²) in [6.07, 6.45) is 0. The van der Waals surface area contributed by atoms with E-state index in [1.165, 1.54) is 27.5 Å². The predicted octanol–water partition coefficient (Wildman–Crippen LogP) is 24.1. The van der Waals surface area contributed by atoms with Crippen LogP contribution in [-0.4, -0.2) is 15.8 Å². The molecule has 0 spiro atoms. The maximum absolute atomic E-state index is 9.60. The first-order valence-electron chi connectivity index (χ1n) is 37.7. The first-order valence-corrected chi connectivity index (χ1v) is 35.2. The van der Waals surface area contributed by atoms with Crippen LogP contribution in [0.5, 0.6) is 0 Å². The SMILES string of the molecule is [2H]c1c([2H])c([2H])c(-c2ccc3c(c2)N(c2cc(-c4cccc(C(C)(C)C)c4)cc4oc5ccccc5c24)c2cc(C(C)(C)C)cc4c2B3c2ccc(-n3c5ccc(C(C)(C)C)cc5c5cc(C(C)(C)C)ccc53)cc2N4c2c(-c3ccccc3)ccc3c2c2ccccc2n3-c2ccccc2)c([2H])c1[2H]. The van der Waals surface area contributed by atoms with Crippen LogP contribution < -0.4 is 26.2 Å². The molecule has 0 aliphatic carbocycles. The third-order valence-corrected chi connectivity index (χ3v) is 21.4. The molecule has 18 rings (SSSR count). The molecule has 0 fully saturated rings. The Labute approximate surface area is 594 Å². The Kier molecular flexibility index (Phi) is 12.4. The van der Waals surface area contributed by atoms with Gasteiger partial charge in [0.1, 0.15) is 11.2 Å². The molecule has 2 aliphatic rings. The zero-order valence-electron chi connectivity index (χ0n) is 63.9. The van der Waals surface area contributed by atoms with E-state index in [-0.39, 0.29) is 46.0 Å². The molecule has 486 valence electrons. The summed E-state index contributed by atoms with van der Waals surface area (Å²) in [7, 11) is 0. The number of fused-ring (bicyclic) bond motifs is 13. The van der Waals surface area contributed by atoms with Gasteiger partial charge in [-0.1, -0.05) is 259 Å². The summed E-state index contributed by atoms with van der Waals surface area (Å²) in [6, 6.07) is 87.7. The average Bonchev–Trinajstić information content (AvgIpc) is 1.55. The fourth-order valence-corrected chi connectivity index (χ4v) is 16.2. The second-order valence-corrected chi connectivity index (χ2v) is 31.8. The highest BCUT2D eigenvalue weighted by Gasteiger charge is 2.46. The molecule has 0 saturated carbocycles. The Hall–Kier alpha value is -11.1. The molecule has 3 aromatic heterocycles. The van der Waals surface area contributed by atoms with Crippen LogP contribution >= 0.6 is 0 Å². The molecule has 5 nitrogen and oxygen atoms in total. The number of anilines is 6. The maximum atomic E-state index is 9.60. The van der Waals surface area contributed by atoms with Crippen LogP contribution in [0, 0.1) is 0 Å². The number of furan rings is 1. The van der Waals surface area contributed by atoms with Gasteiger partial charge in [0.2, 0.25) is 0 Å². The highest BCUT2D eigenvalue weighted by atomic mass is 16.3. The summed E-state index contributed by atoms with van der Waals surface area (Å²) < 4.78 is 58.2. The van der Waals surface area contributed by atoms with E-state index in [2.05, 4.69) is 326 Å². The van der Waals surface area contributed by atoms with Gasteiger partial charge in [-0.05, 0) is 185 Å². The van der Waals surface area contributed by atoms with E-state index in [9.17, 15) is 2.74 Å². The van der Waals surface area contributed by atoms with E-state index in [0.29, 0.717) is 5.56 Å². The van der Waals surface area contributed by atoms with Crippen molar-refractivity contribution in [3.63, 3.8) is 0 Å². The molecule has 0 atom stereocenters. The standard InChI is InChI=1S/C94H81BN4O/c1-91(2,3)63-32-26-31-60(49-63)62-51-82(87-71-36-23-25-38-85(71)100-86(87)52-62)98-80-50-61(58-27-16-13-17-28-58)39-44-74(80)95-75-45-42-68(97-77-46-40-64(92(4,5)6)53-72(77)73-54-65(93(7,8)9)41-47-78(73)97)57-81(75)99(84-56-66(94(10,11)12)55-83(98)89(84)95)90-69(59-29-18-14-19-30-59)43-48-79-88(90)70-35-22-24-37-76(70)96(79)67-33-20-15-21-34-67/h13-57H,1-12H3/i13D,16D,17D,27D,28D. The lowest BCUT2D eigenvalue weighted by Crippen LogP contribution is -2.61. The number of rotatable bonds is 7. The van der Waals surface area contributed by atoms with E-state index >= 15 is 0 Å². The van der Waals surface area contributed by atoms with Crippen molar-refractivity contribution in [3.05, 3.63) is 295 Å². The zero-order chi connectivity index (χ0) is 72.8. The highest BCUT2D eigenvalue weighted by Crippen LogP contribution is 2.55. The molecule has 6 heteroatoms. The minimum atomic E-state index is -0.443. The van der Waals surface area contributed by atoms with Crippen molar-refractivity contribution >= 4 is 123 Å². The van der Waals surface area contributed by atoms with Crippen LogP contribution in [0.15, 0.2) is 277 Å². The number of aromatic nitrogens is 2. The van der Waals surface area contributed by atoms with E-state index < -0.39 is 18.2 Å². The monoisotopic (exact) mass is 1300 g/mol. The van der Waals surface area contributed by atoms with Gasteiger partial charge in [-0.3, -0.25) is 0 Å². The molecule has 0 bridgehead atoms. The van der Waals surface area contributed by atoms with Crippen molar-refractivity contribution in [1.82, 2.24) is 9.13 Å². The molecule has 0 unspecified atom stereocenters. The number of hydrogen-bond acceptors (Lipinski definition) is 3. The van der Waals surface area contributed by atoms with Crippen molar-refractivity contribution in [2.24, 2.45) is 0 Å². The Bertz CT molecular complexity index is 6250. The van der Waals surface area contributed by atoms with Crippen molar-refractivity contribution < 1.29 is 11.3 Å². The molecule has 0 N–H and O–H groups in total. The van der Waals surface area contributed by atoms with Crippen molar-refractivity contribution in [3.8, 4) is 44.8 Å². The highest BCUT2D eigenvalue weighted by molar-refractivity contribution is 7.00. The summed E-state index contributed by atoms with van der Waals surface area (Å²) >= 11 is 0. The fourth-order valence-electron chi connectivity index (χ4n) is 16.2. The molecule has 16 aromatic rings. The maximum Gasteiger partial charge on any atom is 0.252 e. The average molecular weight is 1300 g/mol. The van der Waals surface area contributed by atoms with Gasteiger partial charge < -0.3 is 23.4 Å². The first kappa shape index (κ1) is 55.9. The van der Waals surface area contributed by atoms with Gasteiger partial charge >= 0.3 is 0 Å². The largest absolute Gasteiger partial charge is 0.456 e. The molecule has 0 radical (unpaired) electrons. The lowest BCUT2D eigenvalue weighted by Gasteiger charge is -2.46. The molecule has 5 heterocycles. The van der Waals surface area contributed by atoms with Crippen LogP contribution in [0.4, 0.5) is 34.1 Å². The minimum absolute atomic E-state index is 0.101.